The first-order valence-corrected chi connectivity index (χ1v) is 9.50. The third-order valence-electron chi connectivity index (χ3n) is 4.31. The van der Waals surface area contributed by atoms with Gasteiger partial charge in [-0.2, -0.15) is 0 Å². The molecule has 110 valence electrons. The molecule has 2 amide bonds. The van der Waals surface area contributed by atoms with Gasteiger partial charge in [0.1, 0.15) is 8.07 Å². The van der Waals surface area contributed by atoms with Crippen LogP contribution in [0.3, 0.4) is 0 Å². The zero-order valence-corrected chi connectivity index (χ0v) is 14.4. The van der Waals surface area contributed by atoms with E-state index in [1.807, 2.05) is 0 Å². The van der Waals surface area contributed by atoms with Gasteiger partial charge < -0.3 is 0 Å². The monoisotopic (exact) mass is 291 g/mol. The second-order valence-electron chi connectivity index (χ2n) is 6.29. The van der Waals surface area contributed by atoms with Gasteiger partial charge in [-0.25, -0.2) is 0 Å². The van der Waals surface area contributed by atoms with Crippen molar-refractivity contribution < 1.29 is 9.59 Å². The molecular formula is C16H25NO2Si. The van der Waals surface area contributed by atoms with Crippen LogP contribution < -0.4 is 0 Å². The van der Waals surface area contributed by atoms with Crippen LogP contribution >= 0.6 is 0 Å². The first kappa shape index (κ1) is 16.7. The Morgan fingerprint density at radius 1 is 0.950 bits per heavy atom. The molecular weight excluding hydrogens is 266 g/mol. The Hall–Kier alpha value is -1.34. The van der Waals surface area contributed by atoms with Crippen molar-refractivity contribution in [2.24, 2.45) is 0 Å². The lowest BCUT2D eigenvalue weighted by Gasteiger charge is -2.38. The van der Waals surface area contributed by atoms with Crippen molar-refractivity contribution >= 4 is 19.9 Å². The van der Waals surface area contributed by atoms with Crippen molar-refractivity contribution in [3.8, 4) is 11.5 Å². The molecule has 0 spiro atoms. The molecule has 0 aromatic carbocycles. The quantitative estimate of drug-likeness (QED) is 0.453. The van der Waals surface area contributed by atoms with Gasteiger partial charge in [0, 0.05) is 12.2 Å². The number of hydrogen-bond donors (Lipinski definition) is 0. The summed E-state index contributed by atoms with van der Waals surface area (Å²) in [6.07, 6.45) is 2.62. The number of carbonyl (C=O) groups is 2. The summed E-state index contributed by atoms with van der Waals surface area (Å²) in [4.78, 5) is 24.2. The minimum Gasteiger partial charge on any atom is -0.269 e. The van der Waals surface area contributed by atoms with Crippen molar-refractivity contribution in [3.05, 3.63) is 12.2 Å². The number of hydrogen-bond acceptors (Lipinski definition) is 2. The molecule has 0 aromatic rings. The standard InChI is InChI=1S/C16H25NO2Si/c1-12(2)20(13(3)4,14(5)6)11-7-10-17-15(18)8-9-16(17)19/h8-9,12-14H,10H2,1-6H3. The van der Waals surface area contributed by atoms with Gasteiger partial charge >= 0.3 is 0 Å². The van der Waals surface area contributed by atoms with E-state index < -0.39 is 8.07 Å². The second kappa shape index (κ2) is 6.40. The van der Waals surface area contributed by atoms with Gasteiger partial charge in [-0.1, -0.05) is 47.5 Å². The van der Waals surface area contributed by atoms with Crippen LogP contribution in [-0.2, 0) is 9.59 Å². The summed E-state index contributed by atoms with van der Waals surface area (Å²) in [5.41, 5.74) is 5.18. The summed E-state index contributed by atoms with van der Waals surface area (Å²) in [6, 6.07) is 0. The van der Waals surface area contributed by atoms with E-state index >= 15 is 0 Å². The Balaban J connectivity index is 2.95. The summed E-state index contributed by atoms with van der Waals surface area (Å²) in [6.45, 7) is 13.7. The molecule has 0 aliphatic carbocycles. The van der Waals surface area contributed by atoms with E-state index in [9.17, 15) is 9.59 Å². The van der Waals surface area contributed by atoms with Gasteiger partial charge in [0.2, 0.25) is 0 Å². The second-order valence-corrected chi connectivity index (χ2v) is 11.9. The van der Waals surface area contributed by atoms with Crippen LogP contribution in [0.1, 0.15) is 41.5 Å². The molecule has 1 heterocycles. The Morgan fingerprint density at radius 3 is 1.70 bits per heavy atom. The Labute approximate surface area is 123 Å². The van der Waals surface area contributed by atoms with E-state index in [1.54, 1.807) is 0 Å². The van der Waals surface area contributed by atoms with Crippen LogP contribution in [0.5, 0.6) is 0 Å². The van der Waals surface area contributed by atoms with E-state index in [-0.39, 0.29) is 18.4 Å². The highest BCUT2D eigenvalue weighted by molar-refractivity contribution is 6.90. The van der Waals surface area contributed by atoms with Gasteiger partial charge in [-0.05, 0) is 16.6 Å². The van der Waals surface area contributed by atoms with Gasteiger partial charge in [0.05, 0.1) is 6.54 Å². The zero-order chi connectivity index (χ0) is 15.5. The lowest BCUT2D eigenvalue weighted by atomic mass is 10.5. The fourth-order valence-electron chi connectivity index (χ4n) is 3.29. The number of rotatable bonds is 4. The minimum absolute atomic E-state index is 0.214. The molecule has 4 heteroatoms. The average molecular weight is 291 g/mol. The summed E-state index contributed by atoms with van der Waals surface area (Å²) in [7, 11) is -1.77. The van der Waals surface area contributed by atoms with E-state index in [4.69, 9.17) is 0 Å². The predicted octanol–water partition coefficient (Wildman–Crippen LogP) is 3.13. The van der Waals surface area contributed by atoms with E-state index in [0.717, 1.165) is 0 Å². The van der Waals surface area contributed by atoms with Crippen LogP contribution in [0.15, 0.2) is 12.2 Å². The number of amides is 2. The molecule has 3 nitrogen and oxygen atoms in total. The van der Waals surface area contributed by atoms with E-state index in [1.165, 1.54) is 17.1 Å². The fraction of sp³-hybridized carbons (Fsp3) is 0.625. The van der Waals surface area contributed by atoms with Crippen molar-refractivity contribution in [3.63, 3.8) is 0 Å². The SMILES string of the molecule is CC(C)[Si](C#CCN1C(=O)C=CC1=O)(C(C)C)C(C)C. The van der Waals surface area contributed by atoms with Crippen molar-refractivity contribution in [1.82, 2.24) is 4.90 Å². The van der Waals surface area contributed by atoms with Crippen LogP contribution in [0.2, 0.25) is 16.6 Å². The highest BCUT2D eigenvalue weighted by Crippen LogP contribution is 2.40. The minimum atomic E-state index is -1.77. The molecule has 0 saturated heterocycles. The van der Waals surface area contributed by atoms with Gasteiger partial charge in [0.15, 0.2) is 0 Å². The zero-order valence-electron chi connectivity index (χ0n) is 13.4. The van der Waals surface area contributed by atoms with Gasteiger partial charge in [-0.3, -0.25) is 14.5 Å². The third kappa shape index (κ3) is 3.04. The summed E-state index contributed by atoms with van der Waals surface area (Å²) >= 11 is 0. The molecule has 0 N–H and O–H groups in total. The first-order chi connectivity index (χ1) is 9.23. The molecule has 0 fully saturated rings. The fourth-order valence-corrected chi connectivity index (χ4v) is 8.54. The van der Waals surface area contributed by atoms with Gasteiger partial charge in [0.25, 0.3) is 11.8 Å². The van der Waals surface area contributed by atoms with Crippen molar-refractivity contribution in [2.45, 2.75) is 58.2 Å². The topological polar surface area (TPSA) is 37.4 Å². The first-order valence-electron chi connectivity index (χ1n) is 7.27. The number of carbonyl (C=O) groups excluding carboxylic acids is 2. The van der Waals surface area contributed by atoms with Crippen molar-refractivity contribution in [2.75, 3.05) is 6.54 Å². The maximum atomic E-state index is 11.5. The Kier molecular flexibility index (Phi) is 5.35. The molecule has 0 aromatic heterocycles. The molecule has 20 heavy (non-hydrogen) atoms. The Bertz CT molecular complexity index is 441. The molecule has 1 rings (SSSR count). The maximum absolute atomic E-state index is 11.5. The lowest BCUT2D eigenvalue weighted by Crippen LogP contribution is -2.43. The molecule has 0 radical (unpaired) electrons. The highest BCUT2D eigenvalue weighted by Gasteiger charge is 2.41. The third-order valence-corrected chi connectivity index (χ3v) is 10.7. The predicted molar refractivity (Wildman–Crippen MR) is 84.7 cm³/mol. The van der Waals surface area contributed by atoms with Gasteiger partial charge in [-0.15, -0.1) is 5.54 Å². The normalized spacial score (nSPS) is 15.6. The van der Waals surface area contributed by atoms with E-state index in [0.29, 0.717) is 16.6 Å². The maximum Gasteiger partial charge on any atom is 0.254 e. The van der Waals surface area contributed by atoms with Crippen LogP contribution in [-0.4, -0.2) is 31.3 Å². The summed E-state index contributed by atoms with van der Waals surface area (Å²) in [5, 5.41) is 0. The largest absolute Gasteiger partial charge is 0.269 e. The molecule has 0 atom stereocenters. The molecule has 0 saturated carbocycles. The molecule has 1 aliphatic heterocycles. The molecule has 0 bridgehead atoms. The number of nitrogens with zero attached hydrogens (tertiary/aromatic N) is 1. The Morgan fingerprint density at radius 2 is 1.35 bits per heavy atom. The molecule has 0 unspecified atom stereocenters. The van der Waals surface area contributed by atoms with Crippen LogP contribution in [0, 0.1) is 11.5 Å². The van der Waals surface area contributed by atoms with Crippen molar-refractivity contribution in [1.29, 1.82) is 0 Å². The van der Waals surface area contributed by atoms with E-state index in [2.05, 4.69) is 53.0 Å². The average Bonchev–Trinajstić information content (AvgIpc) is 2.64. The lowest BCUT2D eigenvalue weighted by molar-refractivity contribution is -0.135. The van der Waals surface area contributed by atoms with Crippen LogP contribution in [0.4, 0.5) is 0 Å². The summed E-state index contributed by atoms with van der Waals surface area (Å²) in [5.74, 6) is 2.62. The summed E-state index contributed by atoms with van der Waals surface area (Å²) < 4.78 is 0. The van der Waals surface area contributed by atoms with Crippen LogP contribution in [0.25, 0.3) is 0 Å². The number of imide groups is 1. The highest BCUT2D eigenvalue weighted by atomic mass is 28.3. The smallest absolute Gasteiger partial charge is 0.254 e. The molecule has 1 aliphatic rings.